The molecule has 0 spiro atoms. The van der Waals surface area contributed by atoms with Gasteiger partial charge in [-0.2, -0.15) is 11.8 Å². The van der Waals surface area contributed by atoms with E-state index in [1.54, 1.807) is 6.07 Å². The monoisotopic (exact) mass is 268 g/mol. The van der Waals surface area contributed by atoms with Crippen LogP contribution in [0, 0.1) is 0 Å². The summed E-state index contributed by atoms with van der Waals surface area (Å²) in [6.07, 6.45) is 2.25. The smallest absolute Gasteiger partial charge is 0.335 e. The van der Waals surface area contributed by atoms with Crippen LogP contribution in [-0.2, 0) is 0 Å². The molecule has 0 atom stereocenters. The third-order valence-electron chi connectivity index (χ3n) is 2.87. The Bertz CT molecular complexity index is 427. The van der Waals surface area contributed by atoms with Crippen LogP contribution in [0.25, 0.3) is 0 Å². The van der Waals surface area contributed by atoms with Crippen molar-refractivity contribution in [1.82, 2.24) is 0 Å². The first-order valence-corrected chi connectivity index (χ1v) is 7.02. The van der Waals surface area contributed by atoms with Crippen molar-refractivity contribution in [2.24, 2.45) is 0 Å². The van der Waals surface area contributed by atoms with Gasteiger partial charge in [0.2, 0.25) is 0 Å². The number of hydrogen-bond donors (Lipinski definition) is 1. The molecule has 5 heteroatoms. The van der Waals surface area contributed by atoms with Crippen molar-refractivity contribution < 1.29 is 19.4 Å². The molecule has 98 valence electrons. The first kappa shape index (κ1) is 13.1. The fourth-order valence-corrected chi connectivity index (χ4v) is 2.93. The minimum absolute atomic E-state index is 0.204. The molecule has 0 amide bonds. The first-order chi connectivity index (χ1) is 8.70. The van der Waals surface area contributed by atoms with E-state index in [0.29, 0.717) is 11.5 Å². The molecule has 0 radical (unpaired) electrons. The Labute approximate surface area is 110 Å². The maximum Gasteiger partial charge on any atom is 0.335 e. The van der Waals surface area contributed by atoms with Gasteiger partial charge in [0, 0.05) is 0 Å². The van der Waals surface area contributed by atoms with Gasteiger partial charge in [-0.15, -0.1) is 0 Å². The van der Waals surface area contributed by atoms with Gasteiger partial charge < -0.3 is 14.6 Å². The molecular formula is C13H16O4S. The van der Waals surface area contributed by atoms with Gasteiger partial charge >= 0.3 is 5.97 Å². The van der Waals surface area contributed by atoms with E-state index in [2.05, 4.69) is 0 Å². The van der Waals surface area contributed by atoms with E-state index >= 15 is 0 Å². The van der Waals surface area contributed by atoms with Gasteiger partial charge in [-0.1, -0.05) is 0 Å². The second kappa shape index (κ2) is 6.00. The van der Waals surface area contributed by atoms with Crippen molar-refractivity contribution in [2.45, 2.75) is 18.9 Å². The molecule has 1 fully saturated rings. The van der Waals surface area contributed by atoms with Crippen molar-refractivity contribution in [3.05, 3.63) is 23.8 Å². The Morgan fingerprint density at radius 3 is 2.67 bits per heavy atom. The van der Waals surface area contributed by atoms with Crippen LogP contribution in [0.1, 0.15) is 23.2 Å². The van der Waals surface area contributed by atoms with Crippen LogP contribution in [-0.4, -0.2) is 35.8 Å². The highest BCUT2D eigenvalue weighted by Crippen LogP contribution is 2.31. The summed E-state index contributed by atoms with van der Waals surface area (Å²) in [5.74, 6) is 2.36. The zero-order chi connectivity index (χ0) is 13.0. The van der Waals surface area contributed by atoms with Crippen LogP contribution in [0.4, 0.5) is 0 Å². The van der Waals surface area contributed by atoms with Crippen LogP contribution < -0.4 is 9.47 Å². The van der Waals surface area contributed by atoms with E-state index in [0.717, 1.165) is 24.3 Å². The van der Waals surface area contributed by atoms with Crippen molar-refractivity contribution in [3.63, 3.8) is 0 Å². The van der Waals surface area contributed by atoms with Crippen LogP contribution in [0.3, 0.4) is 0 Å². The van der Waals surface area contributed by atoms with Crippen molar-refractivity contribution in [2.75, 3.05) is 18.6 Å². The van der Waals surface area contributed by atoms with E-state index in [4.69, 9.17) is 14.6 Å². The Balaban J connectivity index is 2.13. The molecule has 0 aliphatic carbocycles. The summed E-state index contributed by atoms with van der Waals surface area (Å²) < 4.78 is 11.1. The predicted octanol–water partition coefficient (Wildman–Crippen LogP) is 2.67. The number of methoxy groups -OCH3 is 1. The van der Waals surface area contributed by atoms with Crippen LogP contribution in [0.2, 0.25) is 0 Å². The van der Waals surface area contributed by atoms with Crippen LogP contribution in [0.5, 0.6) is 11.5 Å². The number of benzene rings is 1. The van der Waals surface area contributed by atoms with Crippen LogP contribution in [0.15, 0.2) is 18.2 Å². The number of thioether (sulfide) groups is 1. The lowest BCUT2D eigenvalue weighted by Crippen LogP contribution is -2.22. The van der Waals surface area contributed by atoms with E-state index in [-0.39, 0.29) is 11.7 Å². The maximum absolute atomic E-state index is 10.9. The number of rotatable bonds is 4. The molecule has 0 aromatic heterocycles. The molecule has 0 unspecified atom stereocenters. The molecule has 2 rings (SSSR count). The summed E-state index contributed by atoms with van der Waals surface area (Å²) in [4.78, 5) is 10.9. The average molecular weight is 268 g/mol. The zero-order valence-electron chi connectivity index (χ0n) is 10.2. The Hall–Kier alpha value is -1.36. The van der Waals surface area contributed by atoms with E-state index < -0.39 is 5.97 Å². The number of carboxylic acid groups (broad SMARTS) is 1. The fourth-order valence-electron chi connectivity index (χ4n) is 1.87. The highest BCUT2D eigenvalue weighted by Gasteiger charge is 2.18. The summed E-state index contributed by atoms with van der Waals surface area (Å²) in [5, 5.41) is 8.92. The van der Waals surface area contributed by atoms with Gasteiger partial charge in [0.25, 0.3) is 0 Å². The Morgan fingerprint density at radius 1 is 1.33 bits per heavy atom. The van der Waals surface area contributed by atoms with Gasteiger partial charge in [-0.25, -0.2) is 4.79 Å². The maximum atomic E-state index is 10.9. The zero-order valence-corrected chi connectivity index (χ0v) is 11.0. The first-order valence-electron chi connectivity index (χ1n) is 5.86. The normalized spacial score (nSPS) is 16.3. The lowest BCUT2D eigenvalue weighted by Gasteiger charge is -2.23. The lowest BCUT2D eigenvalue weighted by atomic mass is 10.2. The van der Waals surface area contributed by atoms with Crippen LogP contribution >= 0.6 is 11.8 Å². The van der Waals surface area contributed by atoms with Gasteiger partial charge in [-0.05, 0) is 42.5 Å². The standard InChI is InChI=1S/C13H16O4S/c1-16-12-8-9(13(14)15)2-3-11(12)17-10-4-6-18-7-5-10/h2-3,8,10H,4-7H2,1H3,(H,14,15). The van der Waals surface area contributed by atoms with Gasteiger partial charge in [0.15, 0.2) is 11.5 Å². The van der Waals surface area contributed by atoms with E-state index in [1.165, 1.54) is 19.2 Å². The molecule has 1 aliphatic rings. The third kappa shape index (κ3) is 3.10. The molecule has 1 aromatic rings. The summed E-state index contributed by atoms with van der Waals surface area (Å²) in [7, 11) is 1.52. The Kier molecular flexibility index (Phi) is 4.36. The Morgan fingerprint density at radius 2 is 2.06 bits per heavy atom. The lowest BCUT2D eigenvalue weighted by molar-refractivity contribution is 0.0696. The SMILES string of the molecule is COc1cc(C(=O)O)ccc1OC1CCSCC1. The van der Waals surface area contributed by atoms with Crippen molar-refractivity contribution in [3.8, 4) is 11.5 Å². The van der Waals surface area contributed by atoms with Crippen molar-refractivity contribution >= 4 is 17.7 Å². The predicted molar refractivity (Wildman–Crippen MR) is 70.9 cm³/mol. The molecule has 18 heavy (non-hydrogen) atoms. The number of carbonyl (C=O) groups is 1. The fraction of sp³-hybridized carbons (Fsp3) is 0.462. The number of aromatic carboxylic acids is 1. The second-order valence-electron chi connectivity index (χ2n) is 4.10. The molecule has 1 aliphatic heterocycles. The minimum atomic E-state index is -0.964. The molecule has 1 heterocycles. The van der Waals surface area contributed by atoms with Gasteiger partial charge in [-0.3, -0.25) is 0 Å². The number of carboxylic acids is 1. The molecule has 0 saturated carbocycles. The van der Waals surface area contributed by atoms with Crippen molar-refractivity contribution in [1.29, 1.82) is 0 Å². The second-order valence-corrected chi connectivity index (χ2v) is 5.33. The molecule has 1 aromatic carbocycles. The third-order valence-corrected chi connectivity index (χ3v) is 3.92. The summed E-state index contributed by atoms with van der Waals surface area (Å²) in [6.45, 7) is 0. The molecule has 4 nitrogen and oxygen atoms in total. The summed E-state index contributed by atoms with van der Waals surface area (Å²) in [5.41, 5.74) is 0.207. The highest BCUT2D eigenvalue weighted by atomic mass is 32.2. The minimum Gasteiger partial charge on any atom is -0.493 e. The highest BCUT2D eigenvalue weighted by molar-refractivity contribution is 7.99. The van der Waals surface area contributed by atoms with E-state index in [1.807, 2.05) is 11.8 Å². The summed E-state index contributed by atoms with van der Waals surface area (Å²) in [6, 6.07) is 4.71. The summed E-state index contributed by atoms with van der Waals surface area (Å²) >= 11 is 1.94. The molecule has 0 bridgehead atoms. The topological polar surface area (TPSA) is 55.8 Å². The largest absolute Gasteiger partial charge is 0.493 e. The van der Waals surface area contributed by atoms with Gasteiger partial charge in [0.1, 0.15) is 6.10 Å². The average Bonchev–Trinajstić information content (AvgIpc) is 2.40. The molecule has 1 N–H and O–H groups in total. The molecule has 1 saturated heterocycles. The van der Waals surface area contributed by atoms with Gasteiger partial charge in [0.05, 0.1) is 12.7 Å². The molecular weight excluding hydrogens is 252 g/mol. The number of ether oxygens (including phenoxy) is 2. The number of hydrogen-bond acceptors (Lipinski definition) is 4. The quantitative estimate of drug-likeness (QED) is 0.909. The van der Waals surface area contributed by atoms with E-state index in [9.17, 15) is 4.79 Å².